The minimum absolute atomic E-state index is 0.105. The molecule has 0 aromatic carbocycles. The van der Waals surface area contributed by atoms with Crippen molar-refractivity contribution in [1.29, 1.82) is 0 Å². The van der Waals surface area contributed by atoms with Gasteiger partial charge in [0.1, 0.15) is 19.3 Å². The van der Waals surface area contributed by atoms with Gasteiger partial charge in [0.2, 0.25) is 0 Å². The number of carbonyl (C=O) groups excluding carboxylic acids is 4. The third-order valence-corrected chi connectivity index (χ3v) is 20.6. The lowest BCUT2D eigenvalue weighted by atomic mass is 9.99. The molecule has 3 N–H and O–H groups in total. The summed E-state index contributed by atoms with van der Waals surface area (Å²) in [7, 11) is -9.92. The van der Waals surface area contributed by atoms with Crippen LogP contribution in [0.1, 0.15) is 402 Å². The fourth-order valence-corrected chi connectivity index (χ4v) is 13.6. The SMILES string of the molecule is CCC(C)CCCCCCCCCCCCCCCCCCCCC(=O)O[C@H](COC(=O)CCCCCCCCC(C)C)COP(=O)(O)OC[C@H](O)COP(=O)(O)OC[C@@H](COC(=O)CCCCCCCCCCCCCCC(C)C)OC(=O)CCCCCCCCCCCC(C)C. The van der Waals surface area contributed by atoms with Crippen molar-refractivity contribution in [3.8, 4) is 0 Å². The molecular weight excluding hydrogens is 1280 g/mol. The van der Waals surface area contributed by atoms with Gasteiger partial charge in [0.25, 0.3) is 0 Å². The first-order chi connectivity index (χ1) is 47.1. The Morgan fingerprint density at radius 1 is 0.286 bits per heavy atom. The molecule has 3 unspecified atom stereocenters. The van der Waals surface area contributed by atoms with Gasteiger partial charge in [-0.15, -0.1) is 0 Å². The molecule has 582 valence electrons. The van der Waals surface area contributed by atoms with Gasteiger partial charge in [-0.1, -0.05) is 351 Å². The molecule has 98 heavy (non-hydrogen) atoms. The predicted octanol–water partition coefficient (Wildman–Crippen LogP) is 23.2. The van der Waals surface area contributed by atoms with Gasteiger partial charge in [0.05, 0.1) is 26.4 Å². The lowest BCUT2D eigenvalue weighted by Gasteiger charge is -2.21. The molecule has 0 aliphatic carbocycles. The molecule has 0 fully saturated rings. The van der Waals surface area contributed by atoms with Crippen LogP contribution in [-0.2, 0) is 65.4 Å². The highest BCUT2D eigenvalue weighted by atomic mass is 31.2. The van der Waals surface area contributed by atoms with Crippen molar-refractivity contribution in [2.75, 3.05) is 39.6 Å². The van der Waals surface area contributed by atoms with Gasteiger partial charge in [-0.25, -0.2) is 9.13 Å². The highest BCUT2D eigenvalue weighted by Crippen LogP contribution is 2.45. The Hall–Kier alpha value is -1.94. The summed E-state index contributed by atoms with van der Waals surface area (Å²) in [5.41, 5.74) is 0. The van der Waals surface area contributed by atoms with E-state index in [-0.39, 0.29) is 25.7 Å². The molecule has 0 amide bonds. The second-order valence-electron chi connectivity index (χ2n) is 30.1. The van der Waals surface area contributed by atoms with Crippen LogP contribution < -0.4 is 0 Å². The zero-order chi connectivity index (χ0) is 72.4. The number of aliphatic hydroxyl groups excluding tert-OH is 1. The number of ether oxygens (including phenoxy) is 4. The summed E-state index contributed by atoms with van der Waals surface area (Å²) in [6.07, 6.45) is 54.4. The molecule has 0 bridgehead atoms. The van der Waals surface area contributed by atoms with Gasteiger partial charge >= 0.3 is 39.5 Å². The van der Waals surface area contributed by atoms with E-state index in [4.69, 9.17) is 37.0 Å². The van der Waals surface area contributed by atoms with Crippen LogP contribution in [0.5, 0.6) is 0 Å². The summed E-state index contributed by atoms with van der Waals surface area (Å²) >= 11 is 0. The van der Waals surface area contributed by atoms with Crippen LogP contribution in [0.3, 0.4) is 0 Å². The van der Waals surface area contributed by atoms with Crippen molar-refractivity contribution < 1.29 is 80.2 Å². The number of unbranched alkanes of at least 4 members (excludes halogenated alkanes) is 41. The van der Waals surface area contributed by atoms with Crippen molar-refractivity contribution in [3.63, 3.8) is 0 Å². The number of phosphoric acid groups is 2. The van der Waals surface area contributed by atoms with Crippen LogP contribution in [-0.4, -0.2) is 96.7 Å². The Morgan fingerprint density at radius 2 is 0.490 bits per heavy atom. The number of phosphoric ester groups is 2. The molecule has 0 spiro atoms. The van der Waals surface area contributed by atoms with Crippen molar-refractivity contribution in [1.82, 2.24) is 0 Å². The summed E-state index contributed by atoms with van der Waals surface area (Å²) in [6.45, 7) is 14.2. The van der Waals surface area contributed by atoms with Gasteiger partial charge < -0.3 is 33.8 Å². The van der Waals surface area contributed by atoms with Crippen LogP contribution in [0.25, 0.3) is 0 Å². The summed E-state index contributed by atoms with van der Waals surface area (Å²) in [5.74, 6) is 0.948. The topological polar surface area (TPSA) is 237 Å². The Balaban J connectivity index is 5.16. The molecule has 0 saturated heterocycles. The van der Waals surface area contributed by atoms with Crippen molar-refractivity contribution in [2.45, 2.75) is 420 Å². The maximum absolute atomic E-state index is 13.1. The van der Waals surface area contributed by atoms with Crippen molar-refractivity contribution >= 4 is 39.5 Å². The van der Waals surface area contributed by atoms with Crippen molar-refractivity contribution in [3.05, 3.63) is 0 Å². The molecular formula is C79H154O17P2. The average molecular weight is 1440 g/mol. The third kappa shape index (κ3) is 71.1. The van der Waals surface area contributed by atoms with E-state index in [1.54, 1.807) is 0 Å². The molecule has 0 aromatic heterocycles. The fourth-order valence-electron chi connectivity index (χ4n) is 12.0. The van der Waals surface area contributed by atoms with E-state index in [1.165, 1.54) is 199 Å². The van der Waals surface area contributed by atoms with E-state index in [1.807, 2.05) is 0 Å². The molecule has 0 aliphatic heterocycles. The Kier molecular flexibility index (Phi) is 66.8. The zero-order valence-electron chi connectivity index (χ0n) is 64.4. The van der Waals surface area contributed by atoms with Gasteiger partial charge in [0.15, 0.2) is 12.2 Å². The summed E-state index contributed by atoms with van der Waals surface area (Å²) in [4.78, 5) is 72.8. The molecule has 0 aromatic rings. The Bertz CT molecular complexity index is 1920. The molecule has 17 nitrogen and oxygen atoms in total. The highest BCUT2D eigenvalue weighted by molar-refractivity contribution is 7.47. The largest absolute Gasteiger partial charge is 0.472 e. The Labute approximate surface area is 600 Å². The van der Waals surface area contributed by atoms with Crippen LogP contribution in [0.15, 0.2) is 0 Å². The fraction of sp³-hybridized carbons (Fsp3) is 0.949. The number of hydrogen-bond donors (Lipinski definition) is 3. The maximum Gasteiger partial charge on any atom is 0.472 e. The van der Waals surface area contributed by atoms with E-state index in [2.05, 4.69) is 55.4 Å². The first-order valence-electron chi connectivity index (χ1n) is 40.7. The lowest BCUT2D eigenvalue weighted by molar-refractivity contribution is -0.161. The van der Waals surface area contributed by atoms with Crippen LogP contribution in [0, 0.1) is 23.7 Å². The van der Waals surface area contributed by atoms with Crippen LogP contribution >= 0.6 is 15.6 Å². The number of esters is 4. The molecule has 19 heteroatoms. The number of hydrogen-bond acceptors (Lipinski definition) is 15. The number of aliphatic hydroxyl groups is 1. The lowest BCUT2D eigenvalue weighted by Crippen LogP contribution is -2.30. The number of rotatable bonds is 76. The summed E-state index contributed by atoms with van der Waals surface area (Å²) < 4.78 is 68.6. The standard InChI is InChI=1S/C79H154O17P2/c1-9-72(8)58-50-42-33-27-21-16-14-12-10-11-13-15-17-23-29-35-45-53-61-78(83)96-75(66-90-77(82)60-52-44-38-37-41-49-57-71(6)7)68-94-98(87,88)92-64-73(80)63-91-97(85,86)93-67-74(95-79(84)62-54-46-36-30-24-26-32-40-48-56-70(4)5)65-89-76(81)59-51-43-34-28-22-19-18-20-25-31-39-47-55-69(2)3/h69-75,80H,9-68H2,1-8H3,(H,85,86)(H,87,88)/t72?,73-,74-,75-/m1/s1. The van der Waals surface area contributed by atoms with E-state index in [0.717, 1.165) is 114 Å². The minimum Gasteiger partial charge on any atom is -0.462 e. The minimum atomic E-state index is -4.96. The second kappa shape index (κ2) is 68.2. The molecule has 0 radical (unpaired) electrons. The van der Waals surface area contributed by atoms with Gasteiger partial charge in [-0.3, -0.25) is 37.3 Å². The van der Waals surface area contributed by atoms with Crippen LogP contribution in [0.4, 0.5) is 0 Å². The average Bonchev–Trinajstić information content (AvgIpc) is 0.962. The van der Waals surface area contributed by atoms with E-state index in [9.17, 15) is 43.2 Å². The third-order valence-electron chi connectivity index (χ3n) is 18.7. The molecule has 0 rings (SSSR count). The summed E-state index contributed by atoms with van der Waals surface area (Å²) in [5, 5.41) is 10.6. The monoisotopic (exact) mass is 1440 g/mol. The van der Waals surface area contributed by atoms with E-state index >= 15 is 0 Å². The first-order valence-corrected chi connectivity index (χ1v) is 43.7. The first kappa shape index (κ1) is 96.1. The molecule has 0 heterocycles. The quantitative estimate of drug-likeness (QED) is 0.0222. The van der Waals surface area contributed by atoms with Gasteiger partial charge in [-0.2, -0.15) is 0 Å². The Morgan fingerprint density at radius 3 is 0.724 bits per heavy atom. The van der Waals surface area contributed by atoms with E-state index < -0.39 is 97.5 Å². The second-order valence-corrected chi connectivity index (χ2v) is 33.0. The maximum atomic E-state index is 13.1. The predicted molar refractivity (Wildman–Crippen MR) is 400 cm³/mol. The highest BCUT2D eigenvalue weighted by Gasteiger charge is 2.30. The van der Waals surface area contributed by atoms with Crippen molar-refractivity contribution in [2.24, 2.45) is 23.7 Å². The zero-order valence-corrected chi connectivity index (χ0v) is 66.2. The number of carbonyl (C=O) groups is 4. The van der Waals surface area contributed by atoms with Gasteiger partial charge in [0, 0.05) is 25.7 Å². The van der Waals surface area contributed by atoms with Crippen LogP contribution in [0.2, 0.25) is 0 Å². The molecule has 0 aliphatic rings. The molecule has 6 atom stereocenters. The van der Waals surface area contributed by atoms with Gasteiger partial charge in [-0.05, 0) is 49.4 Å². The molecule has 0 saturated carbocycles. The summed E-state index contributed by atoms with van der Waals surface area (Å²) in [6, 6.07) is 0. The normalized spacial score (nSPS) is 14.3. The van der Waals surface area contributed by atoms with E-state index in [0.29, 0.717) is 31.6 Å². The smallest absolute Gasteiger partial charge is 0.462 e.